The molecule has 5 aromatic rings. The van der Waals surface area contributed by atoms with E-state index < -0.39 is 5.92 Å². The predicted octanol–water partition coefficient (Wildman–Crippen LogP) is 7.89. The molecule has 0 radical (unpaired) electrons. The molecule has 0 unspecified atom stereocenters. The van der Waals surface area contributed by atoms with Gasteiger partial charge < -0.3 is 10.2 Å². The molecule has 31 heavy (non-hydrogen) atoms. The summed E-state index contributed by atoms with van der Waals surface area (Å²) in [6.45, 7) is 0. The molecule has 0 aliphatic rings. The zero-order valence-corrected chi connectivity index (χ0v) is 17.9. The van der Waals surface area contributed by atoms with E-state index in [2.05, 4.69) is 0 Å². The first-order valence-electron chi connectivity index (χ1n) is 9.91. The highest BCUT2D eigenvalue weighted by Crippen LogP contribution is 2.48. The highest BCUT2D eigenvalue weighted by Gasteiger charge is 2.28. The van der Waals surface area contributed by atoms with Gasteiger partial charge in [0.2, 0.25) is 0 Å². The maximum absolute atomic E-state index is 11.1. The van der Waals surface area contributed by atoms with Gasteiger partial charge in [-0.25, -0.2) is 0 Å². The number of hydrogen-bond donors (Lipinski definition) is 2. The Hall–Kier alpha value is -3.20. The van der Waals surface area contributed by atoms with Crippen LogP contribution in [-0.4, -0.2) is 10.2 Å². The van der Waals surface area contributed by atoms with Crippen LogP contribution in [0.25, 0.3) is 21.5 Å². The summed E-state index contributed by atoms with van der Waals surface area (Å²) >= 11 is 12.9. The molecule has 4 heteroatoms. The van der Waals surface area contributed by atoms with E-state index in [1.165, 1.54) is 0 Å². The van der Waals surface area contributed by atoms with Gasteiger partial charge in [0.15, 0.2) is 0 Å². The minimum atomic E-state index is -0.512. The summed E-state index contributed by atoms with van der Waals surface area (Å²) in [5.74, 6) is -0.230. The first-order chi connectivity index (χ1) is 15.0. The lowest BCUT2D eigenvalue weighted by atomic mass is 9.80. The van der Waals surface area contributed by atoms with Crippen molar-refractivity contribution in [2.24, 2.45) is 0 Å². The molecule has 152 valence electrons. The van der Waals surface area contributed by atoms with Crippen LogP contribution in [-0.2, 0) is 0 Å². The van der Waals surface area contributed by atoms with Crippen LogP contribution in [0.3, 0.4) is 0 Å². The third kappa shape index (κ3) is 3.38. The molecule has 0 amide bonds. The van der Waals surface area contributed by atoms with Gasteiger partial charge >= 0.3 is 0 Å². The van der Waals surface area contributed by atoms with Crippen LogP contribution >= 0.6 is 23.2 Å². The van der Waals surface area contributed by atoms with Crippen LogP contribution in [0.2, 0.25) is 10.0 Å². The Kier molecular flexibility index (Phi) is 4.97. The summed E-state index contributed by atoms with van der Waals surface area (Å²) < 4.78 is 0. The SMILES string of the molecule is Oc1ccc2ccccc2c1C(c1ccc(Cl)cc1Cl)c1c(O)ccc2ccccc12. The molecule has 0 atom stereocenters. The average molecular weight is 445 g/mol. The van der Waals surface area contributed by atoms with Crippen LogP contribution in [0, 0.1) is 0 Å². The van der Waals surface area contributed by atoms with Crippen molar-refractivity contribution in [3.05, 3.63) is 118 Å². The van der Waals surface area contributed by atoms with Crippen molar-refractivity contribution in [2.75, 3.05) is 0 Å². The second kappa shape index (κ2) is 7.81. The first kappa shape index (κ1) is 19.7. The fourth-order valence-corrected chi connectivity index (χ4v) is 4.88. The third-order valence-corrected chi connectivity index (χ3v) is 6.31. The lowest BCUT2D eigenvalue weighted by Crippen LogP contribution is -2.07. The largest absolute Gasteiger partial charge is 0.508 e. The molecular formula is C27H18Cl2O2. The third-order valence-electron chi connectivity index (χ3n) is 5.75. The van der Waals surface area contributed by atoms with E-state index in [9.17, 15) is 10.2 Å². The summed E-state index contributed by atoms with van der Waals surface area (Å²) in [6.07, 6.45) is 0. The van der Waals surface area contributed by atoms with Crippen molar-refractivity contribution >= 4 is 44.7 Å². The highest BCUT2D eigenvalue weighted by molar-refractivity contribution is 6.35. The van der Waals surface area contributed by atoms with E-state index in [-0.39, 0.29) is 11.5 Å². The second-order valence-corrected chi connectivity index (χ2v) is 8.38. The van der Waals surface area contributed by atoms with Crippen LogP contribution in [0.1, 0.15) is 22.6 Å². The van der Waals surface area contributed by atoms with E-state index in [0.29, 0.717) is 21.2 Å². The lowest BCUT2D eigenvalue weighted by Gasteiger charge is -2.25. The number of rotatable bonds is 3. The number of aromatic hydroxyl groups is 2. The Morgan fingerprint density at radius 1 is 0.581 bits per heavy atom. The van der Waals surface area contributed by atoms with Crippen molar-refractivity contribution in [3.63, 3.8) is 0 Å². The average Bonchev–Trinajstić information content (AvgIpc) is 2.77. The summed E-state index contributed by atoms with van der Waals surface area (Å²) in [5.41, 5.74) is 2.13. The lowest BCUT2D eigenvalue weighted by molar-refractivity contribution is 0.460. The van der Waals surface area contributed by atoms with Gasteiger partial charge in [0.25, 0.3) is 0 Å². The molecule has 5 rings (SSSR count). The van der Waals surface area contributed by atoms with E-state index in [0.717, 1.165) is 27.1 Å². The summed E-state index contributed by atoms with van der Waals surface area (Å²) in [4.78, 5) is 0. The second-order valence-electron chi connectivity index (χ2n) is 7.54. The van der Waals surface area contributed by atoms with Crippen molar-refractivity contribution in [1.82, 2.24) is 0 Å². The Labute approximate surface area is 189 Å². The van der Waals surface area contributed by atoms with Crippen molar-refractivity contribution in [1.29, 1.82) is 0 Å². The van der Waals surface area contributed by atoms with Gasteiger partial charge in [-0.1, -0.05) is 89.9 Å². The summed E-state index contributed by atoms with van der Waals surface area (Å²) in [5, 5.41) is 26.9. The zero-order chi connectivity index (χ0) is 21.5. The van der Waals surface area contributed by atoms with Crippen LogP contribution in [0.4, 0.5) is 0 Å². The van der Waals surface area contributed by atoms with Gasteiger partial charge in [0.1, 0.15) is 11.5 Å². The Bertz CT molecular complexity index is 1360. The molecule has 0 aliphatic carbocycles. The zero-order valence-electron chi connectivity index (χ0n) is 16.4. The first-order valence-corrected chi connectivity index (χ1v) is 10.7. The van der Waals surface area contributed by atoms with Crippen molar-refractivity contribution in [3.8, 4) is 11.5 Å². The molecule has 2 nitrogen and oxygen atoms in total. The van der Waals surface area contributed by atoms with Crippen molar-refractivity contribution in [2.45, 2.75) is 5.92 Å². The fourth-order valence-electron chi connectivity index (χ4n) is 4.37. The van der Waals surface area contributed by atoms with Crippen LogP contribution in [0.15, 0.2) is 91.0 Å². The van der Waals surface area contributed by atoms with Gasteiger partial charge in [-0.05, 0) is 51.4 Å². The summed E-state index contributed by atoms with van der Waals surface area (Å²) in [6, 6.07) is 28.2. The minimum Gasteiger partial charge on any atom is -0.508 e. The van der Waals surface area contributed by atoms with Gasteiger partial charge in [-0.3, -0.25) is 0 Å². The van der Waals surface area contributed by atoms with E-state index in [4.69, 9.17) is 23.2 Å². The molecule has 0 aliphatic heterocycles. The highest BCUT2D eigenvalue weighted by atomic mass is 35.5. The number of hydrogen-bond acceptors (Lipinski definition) is 2. The van der Waals surface area contributed by atoms with Crippen LogP contribution in [0.5, 0.6) is 11.5 Å². The Balaban J connectivity index is 1.94. The van der Waals surface area contributed by atoms with Crippen molar-refractivity contribution < 1.29 is 10.2 Å². The summed E-state index contributed by atoms with van der Waals surface area (Å²) in [7, 11) is 0. The van der Waals surface area contributed by atoms with Gasteiger partial charge in [0, 0.05) is 27.1 Å². The smallest absolute Gasteiger partial charge is 0.120 e. The predicted molar refractivity (Wildman–Crippen MR) is 129 cm³/mol. The molecule has 2 N–H and O–H groups in total. The molecule has 0 saturated carbocycles. The fraction of sp³-hybridized carbons (Fsp3) is 0.0370. The molecule has 0 spiro atoms. The molecule has 5 aromatic carbocycles. The van der Waals surface area contributed by atoms with E-state index in [1.54, 1.807) is 24.3 Å². The topological polar surface area (TPSA) is 40.5 Å². The number of halogens is 2. The minimum absolute atomic E-state index is 0.141. The van der Waals surface area contributed by atoms with E-state index in [1.807, 2.05) is 66.7 Å². The molecule has 0 bridgehead atoms. The Morgan fingerprint density at radius 3 is 1.61 bits per heavy atom. The van der Waals surface area contributed by atoms with Gasteiger partial charge in [-0.15, -0.1) is 0 Å². The van der Waals surface area contributed by atoms with Gasteiger partial charge in [0.05, 0.1) is 0 Å². The number of phenolic OH excluding ortho intramolecular Hbond substituents is 2. The standard InChI is InChI=1S/C27H18Cl2O2/c28-18-11-12-21(22(29)15-18)27(25-19-7-3-1-5-16(19)9-13-23(25)30)26-20-8-4-2-6-17(20)10-14-24(26)31/h1-15,27,30-31H. The molecule has 0 fully saturated rings. The number of benzene rings is 5. The number of phenols is 2. The molecule has 0 heterocycles. The normalized spacial score (nSPS) is 11.5. The van der Waals surface area contributed by atoms with Crippen LogP contribution < -0.4 is 0 Å². The van der Waals surface area contributed by atoms with Gasteiger partial charge in [-0.2, -0.15) is 0 Å². The molecule has 0 aromatic heterocycles. The quantitative estimate of drug-likeness (QED) is 0.277. The number of fused-ring (bicyclic) bond motifs is 2. The Morgan fingerprint density at radius 2 is 1.10 bits per heavy atom. The van der Waals surface area contributed by atoms with E-state index >= 15 is 0 Å². The molecule has 0 saturated heterocycles. The maximum Gasteiger partial charge on any atom is 0.120 e. The maximum atomic E-state index is 11.1. The monoisotopic (exact) mass is 444 g/mol. The molecular weight excluding hydrogens is 427 g/mol.